The number of aromatic amines is 1. The van der Waals surface area contributed by atoms with Gasteiger partial charge in [0.05, 0.1) is 18.2 Å². The number of methoxy groups -OCH3 is 1. The molecule has 3 heterocycles. The van der Waals surface area contributed by atoms with Crippen LogP contribution >= 0.6 is 23.6 Å². The Labute approximate surface area is 164 Å². The summed E-state index contributed by atoms with van der Waals surface area (Å²) >= 11 is 7.18. The van der Waals surface area contributed by atoms with Crippen molar-refractivity contribution in [1.82, 2.24) is 19.2 Å². The van der Waals surface area contributed by atoms with Gasteiger partial charge in [0.2, 0.25) is 10.5 Å². The highest BCUT2D eigenvalue weighted by Gasteiger charge is 2.23. The van der Waals surface area contributed by atoms with E-state index in [1.54, 1.807) is 23.0 Å². The first-order chi connectivity index (χ1) is 13.2. The van der Waals surface area contributed by atoms with E-state index in [-0.39, 0.29) is 5.56 Å². The molecule has 1 aliphatic rings. The molecule has 1 aromatic carbocycles. The molecule has 0 atom stereocenters. The standard InChI is InChI=1S/C19H18N4O2S2/c1-25-12-9-7-11(8-10-12)22-16(24)15-13-5-3-2-4-6-14(13)27-17(15)23-18(22)20-21-19(23)26/h7-10H,2-6H2,1H3,(H,21,26). The Morgan fingerprint density at radius 1 is 1.19 bits per heavy atom. The Morgan fingerprint density at radius 2 is 1.96 bits per heavy atom. The van der Waals surface area contributed by atoms with Crippen molar-refractivity contribution in [2.45, 2.75) is 32.1 Å². The quantitative estimate of drug-likeness (QED) is 0.409. The van der Waals surface area contributed by atoms with Gasteiger partial charge in [-0.05, 0) is 67.7 Å². The average Bonchev–Trinajstić information content (AvgIpc) is 3.15. The van der Waals surface area contributed by atoms with Crippen LogP contribution in [0.15, 0.2) is 29.1 Å². The Bertz CT molecular complexity index is 1280. The first-order valence-corrected chi connectivity index (χ1v) is 10.2. The maximum absolute atomic E-state index is 13.6. The lowest BCUT2D eigenvalue weighted by molar-refractivity contribution is 0.414. The van der Waals surface area contributed by atoms with Gasteiger partial charge in [-0.15, -0.1) is 16.4 Å². The van der Waals surface area contributed by atoms with Crippen molar-refractivity contribution in [3.05, 3.63) is 49.8 Å². The SMILES string of the molecule is COc1ccc(-n2c(=O)c3c4c(sc3n3c(=S)[nH]nc23)CCCCC4)cc1. The number of hydrogen-bond acceptors (Lipinski definition) is 5. The predicted molar refractivity (Wildman–Crippen MR) is 109 cm³/mol. The van der Waals surface area contributed by atoms with E-state index in [2.05, 4.69) is 10.2 Å². The van der Waals surface area contributed by atoms with Gasteiger partial charge in [-0.25, -0.2) is 14.1 Å². The van der Waals surface area contributed by atoms with Crippen molar-refractivity contribution in [3.8, 4) is 11.4 Å². The van der Waals surface area contributed by atoms with Gasteiger partial charge in [-0.3, -0.25) is 4.79 Å². The van der Waals surface area contributed by atoms with E-state index in [0.717, 1.165) is 40.9 Å². The van der Waals surface area contributed by atoms with Crippen molar-refractivity contribution >= 4 is 39.5 Å². The number of fused-ring (bicyclic) bond motifs is 5. The third-order valence-corrected chi connectivity index (χ3v) is 6.76. The molecule has 0 bridgehead atoms. The minimum atomic E-state index is -0.0314. The summed E-state index contributed by atoms with van der Waals surface area (Å²) in [7, 11) is 1.62. The molecule has 0 unspecified atom stereocenters. The van der Waals surface area contributed by atoms with E-state index in [1.807, 2.05) is 28.7 Å². The van der Waals surface area contributed by atoms with E-state index < -0.39 is 0 Å². The second kappa shape index (κ2) is 6.31. The number of nitrogens with zero attached hydrogens (tertiary/aromatic N) is 3. The van der Waals surface area contributed by atoms with Crippen LogP contribution in [0.25, 0.3) is 21.7 Å². The topological polar surface area (TPSA) is 64.3 Å². The number of thiophene rings is 1. The molecular weight excluding hydrogens is 380 g/mol. The van der Waals surface area contributed by atoms with Gasteiger partial charge < -0.3 is 4.74 Å². The lowest BCUT2D eigenvalue weighted by atomic mass is 10.1. The van der Waals surface area contributed by atoms with Gasteiger partial charge >= 0.3 is 0 Å². The zero-order valence-electron chi connectivity index (χ0n) is 14.8. The molecule has 1 aliphatic carbocycles. The number of ether oxygens (including phenoxy) is 1. The van der Waals surface area contributed by atoms with Crippen LogP contribution in [0.4, 0.5) is 0 Å². The van der Waals surface area contributed by atoms with E-state index >= 15 is 0 Å². The normalized spacial score (nSPS) is 14.4. The number of aromatic nitrogens is 4. The van der Waals surface area contributed by atoms with Crippen molar-refractivity contribution < 1.29 is 4.74 Å². The van der Waals surface area contributed by atoms with Crippen LogP contribution in [-0.4, -0.2) is 26.3 Å². The number of nitrogens with one attached hydrogen (secondary N) is 1. The summed E-state index contributed by atoms with van der Waals surface area (Å²) in [5.74, 6) is 1.26. The Hall–Kier alpha value is -2.45. The number of aryl methyl sites for hydroxylation is 2. The molecule has 1 N–H and O–H groups in total. The molecule has 27 heavy (non-hydrogen) atoms. The molecule has 0 fully saturated rings. The van der Waals surface area contributed by atoms with Crippen molar-refractivity contribution in [1.29, 1.82) is 0 Å². The fraction of sp³-hybridized carbons (Fsp3) is 0.316. The van der Waals surface area contributed by atoms with Gasteiger partial charge in [-0.2, -0.15) is 0 Å². The molecular formula is C19H18N4O2S2. The third-order valence-electron chi connectivity index (χ3n) is 5.21. The van der Waals surface area contributed by atoms with Gasteiger partial charge in [0.15, 0.2) is 0 Å². The van der Waals surface area contributed by atoms with Crippen LogP contribution in [0, 0.1) is 4.77 Å². The summed E-state index contributed by atoms with van der Waals surface area (Å²) in [6.07, 6.45) is 5.48. The second-order valence-electron chi connectivity index (χ2n) is 6.75. The summed E-state index contributed by atoms with van der Waals surface area (Å²) < 4.78 is 9.29. The first-order valence-electron chi connectivity index (χ1n) is 9.00. The predicted octanol–water partition coefficient (Wildman–Crippen LogP) is 4.03. The monoisotopic (exact) mass is 398 g/mol. The molecule has 5 rings (SSSR count). The smallest absolute Gasteiger partial charge is 0.268 e. The van der Waals surface area contributed by atoms with Crippen molar-refractivity contribution in [2.75, 3.05) is 7.11 Å². The van der Waals surface area contributed by atoms with Gasteiger partial charge in [0.1, 0.15) is 10.6 Å². The zero-order chi connectivity index (χ0) is 18.5. The molecule has 0 saturated carbocycles. The third kappa shape index (κ3) is 2.47. The fourth-order valence-electron chi connectivity index (χ4n) is 3.89. The lowest BCUT2D eigenvalue weighted by Crippen LogP contribution is -2.21. The van der Waals surface area contributed by atoms with Crippen molar-refractivity contribution in [2.24, 2.45) is 0 Å². The number of hydrogen-bond donors (Lipinski definition) is 1. The van der Waals surface area contributed by atoms with Gasteiger partial charge in [0.25, 0.3) is 5.56 Å². The minimum Gasteiger partial charge on any atom is -0.497 e. The highest BCUT2D eigenvalue weighted by atomic mass is 32.1. The summed E-state index contributed by atoms with van der Waals surface area (Å²) in [6, 6.07) is 7.43. The average molecular weight is 399 g/mol. The van der Waals surface area contributed by atoms with Crippen LogP contribution in [0.1, 0.15) is 29.7 Å². The van der Waals surface area contributed by atoms with E-state index in [1.165, 1.54) is 23.3 Å². The van der Waals surface area contributed by atoms with Gasteiger partial charge in [-0.1, -0.05) is 6.42 Å². The minimum absolute atomic E-state index is 0.0314. The molecule has 8 heteroatoms. The fourth-order valence-corrected chi connectivity index (χ4v) is 5.55. The highest BCUT2D eigenvalue weighted by Crippen LogP contribution is 2.34. The Kier molecular flexibility index (Phi) is 3.91. The number of H-pyrrole nitrogens is 1. The number of benzene rings is 1. The summed E-state index contributed by atoms with van der Waals surface area (Å²) in [5.41, 5.74) is 1.91. The molecule has 138 valence electrons. The Morgan fingerprint density at radius 3 is 2.74 bits per heavy atom. The lowest BCUT2D eigenvalue weighted by Gasteiger charge is -2.10. The summed E-state index contributed by atoms with van der Waals surface area (Å²) in [5, 5.41) is 8.01. The molecule has 4 aromatic rings. The van der Waals surface area contributed by atoms with Crippen LogP contribution < -0.4 is 10.3 Å². The van der Waals surface area contributed by atoms with Crippen LogP contribution in [0.2, 0.25) is 0 Å². The maximum Gasteiger partial charge on any atom is 0.268 e. The van der Waals surface area contributed by atoms with Crippen LogP contribution in [-0.2, 0) is 12.8 Å². The molecule has 0 amide bonds. The molecule has 0 spiro atoms. The van der Waals surface area contributed by atoms with Gasteiger partial charge in [0, 0.05) is 4.88 Å². The second-order valence-corrected chi connectivity index (χ2v) is 8.22. The highest BCUT2D eigenvalue weighted by molar-refractivity contribution is 7.71. The molecule has 0 radical (unpaired) electrons. The number of rotatable bonds is 2. The van der Waals surface area contributed by atoms with Crippen LogP contribution in [0.5, 0.6) is 5.75 Å². The molecule has 6 nitrogen and oxygen atoms in total. The maximum atomic E-state index is 13.6. The largest absolute Gasteiger partial charge is 0.497 e. The summed E-state index contributed by atoms with van der Waals surface area (Å²) in [4.78, 5) is 15.8. The molecule has 3 aromatic heterocycles. The van der Waals surface area contributed by atoms with E-state index in [4.69, 9.17) is 17.0 Å². The van der Waals surface area contributed by atoms with Crippen molar-refractivity contribution in [3.63, 3.8) is 0 Å². The Balaban J connectivity index is 1.92. The zero-order valence-corrected chi connectivity index (χ0v) is 16.5. The molecule has 0 aliphatic heterocycles. The van der Waals surface area contributed by atoms with E-state index in [0.29, 0.717) is 10.5 Å². The first kappa shape index (κ1) is 16.7. The van der Waals surface area contributed by atoms with E-state index in [9.17, 15) is 4.79 Å². The van der Waals surface area contributed by atoms with Crippen LogP contribution in [0.3, 0.4) is 0 Å². The molecule has 0 saturated heterocycles. The summed E-state index contributed by atoms with van der Waals surface area (Å²) in [6.45, 7) is 0.